The third kappa shape index (κ3) is 9.46. The van der Waals surface area contributed by atoms with E-state index >= 15 is 0 Å². The number of rotatable bonds is 12. The zero-order valence-electron chi connectivity index (χ0n) is 15.5. The summed E-state index contributed by atoms with van der Waals surface area (Å²) >= 11 is 1.90. The highest BCUT2D eigenvalue weighted by molar-refractivity contribution is 7.99. The van der Waals surface area contributed by atoms with Gasteiger partial charge >= 0.3 is 8.80 Å². The SMILES string of the molecule is CCCCN(CCCC)CCC[Si]1(OCC)OCCSCCO1. The van der Waals surface area contributed by atoms with Crippen LogP contribution in [0.3, 0.4) is 0 Å². The Balaban J connectivity index is 2.44. The van der Waals surface area contributed by atoms with Crippen LogP contribution in [0.2, 0.25) is 6.04 Å². The van der Waals surface area contributed by atoms with Crippen molar-refractivity contribution in [3.63, 3.8) is 0 Å². The minimum absolute atomic E-state index is 0.689. The molecule has 0 aromatic rings. The summed E-state index contributed by atoms with van der Waals surface area (Å²) in [5.74, 6) is 2.12. The smallest absolute Gasteiger partial charge is 0.374 e. The lowest BCUT2D eigenvalue weighted by molar-refractivity contribution is 0.0696. The van der Waals surface area contributed by atoms with Crippen LogP contribution < -0.4 is 0 Å². The van der Waals surface area contributed by atoms with E-state index in [9.17, 15) is 0 Å². The molecule has 1 aliphatic rings. The van der Waals surface area contributed by atoms with Gasteiger partial charge in [-0.3, -0.25) is 0 Å². The third-order valence-electron chi connectivity index (χ3n) is 4.08. The van der Waals surface area contributed by atoms with Crippen molar-refractivity contribution < 1.29 is 13.3 Å². The van der Waals surface area contributed by atoms with Gasteiger partial charge in [-0.1, -0.05) is 26.7 Å². The van der Waals surface area contributed by atoms with E-state index in [4.69, 9.17) is 13.3 Å². The van der Waals surface area contributed by atoms with Gasteiger partial charge in [0.05, 0.1) is 0 Å². The Morgan fingerprint density at radius 1 is 0.913 bits per heavy atom. The molecular weight excluding hydrogens is 326 g/mol. The molecule has 6 heteroatoms. The molecule has 1 aliphatic heterocycles. The van der Waals surface area contributed by atoms with E-state index in [1.807, 2.05) is 18.7 Å². The van der Waals surface area contributed by atoms with Crippen LogP contribution >= 0.6 is 11.8 Å². The Kier molecular flexibility index (Phi) is 12.7. The first-order valence-corrected chi connectivity index (χ1v) is 12.6. The number of unbranched alkanes of at least 4 members (excludes halogenated alkanes) is 2. The summed E-state index contributed by atoms with van der Waals surface area (Å²) < 4.78 is 18.2. The highest BCUT2D eigenvalue weighted by atomic mass is 32.2. The second-order valence-electron chi connectivity index (χ2n) is 6.08. The molecule has 23 heavy (non-hydrogen) atoms. The summed E-state index contributed by atoms with van der Waals surface area (Å²) in [5, 5.41) is 0. The standard InChI is InChI=1S/C17H37NO3SSi/c1-4-7-10-18(11-8-5-2)12-9-17-23(19-6-3)20-13-15-22-16-14-21-23/h4-17H2,1-3H3. The first-order chi connectivity index (χ1) is 11.3. The maximum absolute atomic E-state index is 6.11. The van der Waals surface area contributed by atoms with Crippen molar-refractivity contribution in [3.05, 3.63) is 0 Å². The summed E-state index contributed by atoms with van der Waals surface area (Å²) in [4.78, 5) is 2.61. The van der Waals surface area contributed by atoms with Crippen LogP contribution in [-0.4, -0.2) is 64.7 Å². The molecule has 0 saturated carbocycles. The minimum atomic E-state index is -2.43. The third-order valence-corrected chi connectivity index (χ3v) is 7.97. The Labute approximate surface area is 149 Å². The van der Waals surface area contributed by atoms with Gasteiger partial charge in [0.25, 0.3) is 0 Å². The number of hydrogen-bond donors (Lipinski definition) is 0. The molecule has 0 aromatic heterocycles. The fourth-order valence-electron chi connectivity index (χ4n) is 2.79. The molecule has 0 radical (unpaired) electrons. The maximum atomic E-state index is 6.11. The molecule has 1 saturated heterocycles. The lowest BCUT2D eigenvalue weighted by atomic mass is 10.2. The molecule has 1 fully saturated rings. The van der Waals surface area contributed by atoms with Crippen LogP contribution in [-0.2, 0) is 13.3 Å². The van der Waals surface area contributed by atoms with Gasteiger partial charge < -0.3 is 18.2 Å². The van der Waals surface area contributed by atoms with Crippen LogP contribution in [0.1, 0.15) is 52.9 Å². The predicted molar refractivity (Wildman–Crippen MR) is 102 cm³/mol. The van der Waals surface area contributed by atoms with Crippen LogP contribution in [0.15, 0.2) is 0 Å². The fraction of sp³-hybridized carbons (Fsp3) is 1.00. The van der Waals surface area contributed by atoms with E-state index in [-0.39, 0.29) is 0 Å². The molecule has 0 N–H and O–H groups in total. The largest absolute Gasteiger partial charge is 0.501 e. The lowest BCUT2D eigenvalue weighted by Gasteiger charge is -2.31. The topological polar surface area (TPSA) is 30.9 Å². The van der Waals surface area contributed by atoms with Crippen molar-refractivity contribution in [2.45, 2.75) is 58.9 Å². The molecule has 138 valence electrons. The van der Waals surface area contributed by atoms with E-state index in [1.54, 1.807) is 0 Å². The Hall–Kier alpha value is 0.407. The lowest BCUT2D eigenvalue weighted by Crippen LogP contribution is -2.48. The van der Waals surface area contributed by atoms with Crippen LogP contribution in [0, 0.1) is 0 Å². The molecule has 0 aliphatic carbocycles. The second kappa shape index (κ2) is 13.7. The molecular formula is C17H37NO3SSi. The van der Waals surface area contributed by atoms with Crippen LogP contribution in [0.5, 0.6) is 0 Å². The van der Waals surface area contributed by atoms with Crippen molar-refractivity contribution >= 4 is 20.6 Å². The summed E-state index contributed by atoms with van der Waals surface area (Å²) in [7, 11) is -2.43. The molecule has 0 bridgehead atoms. The molecule has 0 amide bonds. The van der Waals surface area contributed by atoms with Gasteiger partial charge in [0.15, 0.2) is 0 Å². The Bertz CT molecular complexity index is 269. The molecule has 0 aromatic carbocycles. The zero-order chi connectivity index (χ0) is 16.8. The highest BCUT2D eigenvalue weighted by Gasteiger charge is 2.41. The monoisotopic (exact) mass is 363 g/mol. The quantitative estimate of drug-likeness (QED) is 0.489. The van der Waals surface area contributed by atoms with Gasteiger partial charge in [-0.25, -0.2) is 0 Å². The first kappa shape index (κ1) is 21.4. The summed E-state index contributed by atoms with van der Waals surface area (Å²) in [6.07, 6.45) is 6.24. The second-order valence-corrected chi connectivity index (χ2v) is 10.0. The van der Waals surface area contributed by atoms with Crippen molar-refractivity contribution in [2.75, 3.05) is 51.0 Å². The molecule has 0 atom stereocenters. The normalized spacial score (nSPS) is 18.8. The van der Waals surface area contributed by atoms with Gasteiger partial charge in [-0.2, -0.15) is 11.8 Å². The van der Waals surface area contributed by atoms with Crippen LogP contribution in [0.4, 0.5) is 0 Å². The Morgan fingerprint density at radius 2 is 1.48 bits per heavy atom. The van der Waals surface area contributed by atoms with Gasteiger partial charge in [0.2, 0.25) is 0 Å². The van der Waals surface area contributed by atoms with E-state index in [0.29, 0.717) is 6.61 Å². The molecule has 1 rings (SSSR count). The summed E-state index contributed by atoms with van der Waals surface area (Å²) in [6.45, 7) is 12.4. The van der Waals surface area contributed by atoms with Crippen molar-refractivity contribution in [1.29, 1.82) is 0 Å². The van der Waals surface area contributed by atoms with Crippen molar-refractivity contribution in [3.8, 4) is 0 Å². The van der Waals surface area contributed by atoms with Gasteiger partial charge in [-0.15, -0.1) is 0 Å². The molecule has 0 unspecified atom stereocenters. The molecule has 0 spiro atoms. The molecule has 4 nitrogen and oxygen atoms in total. The summed E-state index contributed by atoms with van der Waals surface area (Å²) in [5.41, 5.74) is 0. The highest BCUT2D eigenvalue weighted by Crippen LogP contribution is 2.21. The first-order valence-electron chi connectivity index (χ1n) is 9.48. The zero-order valence-corrected chi connectivity index (χ0v) is 17.3. The van der Waals surface area contributed by atoms with Crippen molar-refractivity contribution in [2.24, 2.45) is 0 Å². The Morgan fingerprint density at radius 3 is 2.00 bits per heavy atom. The fourth-order valence-corrected chi connectivity index (χ4v) is 6.24. The number of hydrogen-bond acceptors (Lipinski definition) is 5. The minimum Gasteiger partial charge on any atom is -0.374 e. The average molecular weight is 364 g/mol. The summed E-state index contributed by atoms with van der Waals surface area (Å²) in [6, 6.07) is 0.959. The van der Waals surface area contributed by atoms with Gasteiger partial charge in [0.1, 0.15) is 0 Å². The van der Waals surface area contributed by atoms with E-state index in [0.717, 1.165) is 43.7 Å². The van der Waals surface area contributed by atoms with E-state index in [1.165, 1.54) is 38.8 Å². The maximum Gasteiger partial charge on any atom is 0.501 e. The van der Waals surface area contributed by atoms with Crippen molar-refractivity contribution in [1.82, 2.24) is 4.90 Å². The predicted octanol–water partition coefficient (Wildman–Crippen LogP) is 4.03. The van der Waals surface area contributed by atoms with E-state index in [2.05, 4.69) is 18.7 Å². The van der Waals surface area contributed by atoms with E-state index < -0.39 is 8.80 Å². The van der Waals surface area contributed by atoms with Crippen LogP contribution in [0.25, 0.3) is 0 Å². The molecule has 1 heterocycles. The average Bonchev–Trinajstić information content (AvgIpc) is 2.53. The van der Waals surface area contributed by atoms with Gasteiger partial charge in [-0.05, 0) is 45.8 Å². The number of thioether (sulfide) groups is 1. The number of nitrogens with zero attached hydrogens (tertiary/aromatic N) is 1. The van der Waals surface area contributed by atoms with Gasteiger partial charge in [0, 0.05) is 37.4 Å².